The minimum atomic E-state index is -1.04. The van der Waals surface area contributed by atoms with E-state index in [1.165, 1.54) is 17.9 Å². The Morgan fingerprint density at radius 1 is 1.17 bits per heavy atom. The van der Waals surface area contributed by atoms with Crippen LogP contribution >= 0.6 is 0 Å². The van der Waals surface area contributed by atoms with Crippen molar-refractivity contribution >= 4 is 5.91 Å². The molecule has 4 nitrogen and oxygen atoms in total. The summed E-state index contributed by atoms with van der Waals surface area (Å²) < 4.78 is 31.5. The molecule has 0 fully saturated rings. The van der Waals surface area contributed by atoms with Gasteiger partial charge in [0.25, 0.3) is 5.91 Å². The first-order valence-corrected chi connectivity index (χ1v) is 7.56. The zero-order valence-electron chi connectivity index (χ0n) is 13.3. The molecule has 1 amide bonds. The van der Waals surface area contributed by atoms with Gasteiger partial charge in [-0.3, -0.25) is 4.79 Å². The molecule has 0 saturated carbocycles. The number of hydrogen-bond donors (Lipinski definition) is 1. The Balaban J connectivity index is 2.06. The molecule has 0 aliphatic rings. The zero-order chi connectivity index (χ0) is 17.5. The fourth-order valence-electron chi connectivity index (χ4n) is 2.25. The summed E-state index contributed by atoms with van der Waals surface area (Å²) in [5.74, 6) is -2.30. The summed E-state index contributed by atoms with van der Waals surface area (Å²) in [7, 11) is 0. The lowest BCUT2D eigenvalue weighted by molar-refractivity contribution is -0.139. The van der Waals surface area contributed by atoms with Gasteiger partial charge in [0.15, 0.2) is 17.7 Å². The molecule has 1 unspecified atom stereocenters. The second kappa shape index (κ2) is 8.40. The number of ether oxygens (including phenoxy) is 1. The first-order chi connectivity index (χ1) is 11.5. The van der Waals surface area contributed by atoms with Gasteiger partial charge in [0.2, 0.25) is 0 Å². The van der Waals surface area contributed by atoms with Crippen molar-refractivity contribution in [2.24, 2.45) is 0 Å². The monoisotopic (exact) mass is 335 g/mol. The largest absolute Gasteiger partial charge is 0.481 e. The van der Waals surface area contributed by atoms with Crippen LogP contribution in [0.15, 0.2) is 48.5 Å². The van der Waals surface area contributed by atoms with Crippen molar-refractivity contribution in [1.29, 1.82) is 0 Å². The highest BCUT2D eigenvalue weighted by Crippen LogP contribution is 2.18. The van der Waals surface area contributed by atoms with Gasteiger partial charge >= 0.3 is 0 Å². The van der Waals surface area contributed by atoms with E-state index in [0.29, 0.717) is 6.54 Å². The summed E-state index contributed by atoms with van der Waals surface area (Å²) in [5.41, 5.74) is 0.916. The van der Waals surface area contributed by atoms with Crippen molar-refractivity contribution < 1.29 is 23.4 Å². The zero-order valence-corrected chi connectivity index (χ0v) is 13.3. The molecule has 0 spiro atoms. The topological polar surface area (TPSA) is 49.8 Å². The lowest BCUT2D eigenvalue weighted by Crippen LogP contribution is -2.41. The van der Waals surface area contributed by atoms with E-state index in [2.05, 4.69) is 0 Å². The van der Waals surface area contributed by atoms with E-state index in [0.717, 1.165) is 17.7 Å². The standard InChI is InChI=1S/C18H19F2NO3/c1-13(24-15-7-8-16(19)17(20)11-15)18(23)21(9-10-22)12-14-5-3-2-4-6-14/h2-8,11,13,22H,9-10,12H2,1H3. The highest BCUT2D eigenvalue weighted by molar-refractivity contribution is 5.80. The Labute approximate surface area is 139 Å². The fourth-order valence-corrected chi connectivity index (χ4v) is 2.25. The van der Waals surface area contributed by atoms with E-state index in [-0.39, 0.29) is 24.8 Å². The third-order valence-corrected chi connectivity index (χ3v) is 3.45. The van der Waals surface area contributed by atoms with Gasteiger partial charge in [-0.05, 0) is 24.6 Å². The molecule has 0 heterocycles. The molecule has 2 aromatic carbocycles. The van der Waals surface area contributed by atoms with Gasteiger partial charge in [0.05, 0.1) is 6.61 Å². The third kappa shape index (κ3) is 4.76. The Kier molecular flexibility index (Phi) is 6.26. The SMILES string of the molecule is CC(Oc1ccc(F)c(F)c1)C(=O)N(CCO)Cc1ccccc1. The normalized spacial score (nSPS) is 11.8. The molecule has 6 heteroatoms. The minimum absolute atomic E-state index is 0.0680. The summed E-state index contributed by atoms with van der Waals surface area (Å²) in [6.07, 6.45) is -0.898. The molecular weight excluding hydrogens is 316 g/mol. The van der Waals surface area contributed by atoms with E-state index in [9.17, 15) is 18.7 Å². The average Bonchev–Trinajstić information content (AvgIpc) is 2.58. The predicted molar refractivity (Wildman–Crippen MR) is 85.4 cm³/mol. The number of amides is 1. The van der Waals surface area contributed by atoms with Crippen LogP contribution in [0.2, 0.25) is 0 Å². The Morgan fingerprint density at radius 2 is 1.88 bits per heavy atom. The van der Waals surface area contributed by atoms with E-state index >= 15 is 0 Å². The number of aliphatic hydroxyl groups is 1. The maximum Gasteiger partial charge on any atom is 0.263 e. The second-order valence-electron chi connectivity index (χ2n) is 5.30. The van der Waals surface area contributed by atoms with Crippen molar-refractivity contribution in [3.8, 4) is 5.75 Å². The molecule has 2 rings (SSSR count). The van der Waals surface area contributed by atoms with E-state index in [1.807, 2.05) is 30.3 Å². The average molecular weight is 335 g/mol. The molecule has 24 heavy (non-hydrogen) atoms. The summed E-state index contributed by atoms with van der Waals surface area (Å²) >= 11 is 0. The van der Waals surface area contributed by atoms with Crippen LogP contribution in [0, 0.1) is 11.6 Å². The maximum atomic E-state index is 13.2. The van der Waals surface area contributed by atoms with Crippen LogP contribution in [-0.2, 0) is 11.3 Å². The van der Waals surface area contributed by atoms with Gasteiger partial charge in [0, 0.05) is 19.2 Å². The quantitative estimate of drug-likeness (QED) is 0.846. The fraction of sp³-hybridized carbons (Fsp3) is 0.278. The van der Waals surface area contributed by atoms with Gasteiger partial charge in [-0.1, -0.05) is 30.3 Å². The van der Waals surface area contributed by atoms with Crippen LogP contribution in [0.4, 0.5) is 8.78 Å². The molecule has 2 aromatic rings. The summed E-state index contributed by atoms with van der Waals surface area (Å²) in [4.78, 5) is 14.0. The molecule has 128 valence electrons. The number of rotatable bonds is 7. The van der Waals surface area contributed by atoms with Crippen molar-refractivity contribution in [1.82, 2.24) is 4.90 Å². The maximum absolute atomic E-state index is 13.2. The Bertz CT molecular complexity index is 679. The van der Waals surface area contributed by atoms with Crippen molar-refractivity contribution in [2.45, 2.75) is 19.6 Å². The number of benzene rings is 2. The lowest BCUT2D eigenvalue weighted by atomic mass is 10.2. The predicted octanol–water partition coefficient (Wildman–Crippen LogP) is 2.75. The van der Waals surface area contributed by atoms with Gasteiger partial charge in [-0.15, -0.1) is 0 Å². The van der Waals surface area contributed by atoms with Gasteiger partial charge in [-0.2, -0.15) is 0 Å². The Hall–Kier alpha value is -2.47. The number of halogens is 2. The molecule has 0 radical (unpaired) electrons. The molecule has 0 saturated heterocycles. The van der Waals surface area contributed by atoms with Crippen LogP contribution in [0.25, 0.3) is 0 Å². The van der Waals surface area contributed by atoms with Crippen LogP contribution in [0.5, 0.6) is 5.75 Å². The summed E-state index contributed by atoms with van der Waals surface area (Å²) in [6.45, 7) is 1.82. The van der Waals surface area contributed by atoms with Crippen molar-refractivity contribution in [2.75, 3.05) is 13.2 Å². The van der Waals surface area contributed by atoms with Gasteiger partial charge in [-0.25, -0.2) is 8.78 Å². The van der Waals surface area contributed by atoms with Crippen molar-refractivity contribution in [3.63, 3.8) is 0 Å². The minimum Gasteiger partial charge on any atom is -0.481 e. The van der Waals surface area contributed by atoms with E-state index in [1.54, 1.807) is 0 Å². The molecule has 0 aromatic heterocycles. The number of carbonyl (C=O) groups is 1. The second-order valence-corrected chi connectivity index (χ2v) is 5.30. The van der Waals surface area contributed by atoms with Gasteiger partial charge in [0.1, 0.15) is 5.75 Å². The highest BCUT2D eigenvalue weighted by atomic mass is 19.2. The van der Waals surface area contributed by atoms with Crippen molar-refractivity contribution in [3.05, 3.63) is 65.7 Å². The lowest BCUT2D eigenvalue weighted by Gasteiger charge is -2.25. The number of hydrogen-bond acceptors (Lipinski definition) is 3. The van der Waals surface area contributed by atoms with Crippen LogP contribution in [0.1, 0.15) is 12.5 Å². The number of carbonyl (C=O) groups excluding carboxylic acids is 1. The molecule has 0 aliphatic heterocycles. The van der Waals surface area contributed by atoms with Crippen LogP contribution in [-0.4, -0.2) is 35.2 Å². The number of aliphatic hydroxyl groups excluding tert-OH is 1. The van der Waals surface area contributed by atoms with Crippen LogP contribution in [0.3, 0.4) is 0 Å². The first kappa shape index (κ1) is 17.9. The van der Waals surface area contributed by atoms with Gasteiger partial charge < -0.3 is 14.7 Å². The highest BCUT2D eigenvalue weighted by Gasteiger charge is 2.22. The molecule has 0 aliphatic carbocycles. The number of nitrogens with zero attached hydrogens (tertiary/aromatic N) is 1. The molecule has 1 N–H and O–H groups in total. The molecule has 1 atom stereocenters. The smallest absolute Gasteiger partial charge is 0.263 e. The first-order valence-electron chi connectivity index (χ1n) is 7.56. The molecule has 0 bridgehead atoms. The summed E-state index contributed by atoms with van der Waals surface area (Å²) in [6, 6.07) is 12.4. The molecular formula is C18H19F2NO3. The van der Waals surface area contributed by atoms with E-state index < -0.39 is 17.7 Å². The third-order valence-electron chi connectivity index (χ3n) is 3.45. The Morgan fingerprint density at radius 3 is 2.50 bits per heavy atom. The summed E-state index contributed by atoms with van der Waals surface area (Å²) in [5, 5.41) is 9.18. The van der Waals surface area contributed by atoms with Crippen LogP contribution < -0.4 is 4.74 Å². The van der Waals surface area contributed by atoms with E-state index in [4.69, 9.17) is 4.74 Å².